The van der Waals surface area contributed by atoms with Gasteiger partial charge in [0.25, 0.3) is 5.91 Å². The number of imide groups is 1. The lowest BCUT2D eigenvalue weighted by atomic mass is 9.84. The second kappa shape index (κ2) is 5.08. The van der Waals surface area contributed by atoms with E-state index in [1.165, 1.54) is 14.1 Å². The van der Waals surface area contributed by atoms with Gasteiger partial charge in [-0.05, 0) is 17.7 Å². The fraction of sp³-hybridized carbons (Fsp3) is 0.333. The molecule has 1 spiro atoms. The molecule has 1 fully saturated rings. The molecular weight excluding hydrogens is 308 g/mol. The third-order valence-electron chi connectivity index (χ3n) is 4.10. The molecule has 2 heterocycles. The molecule has 3 rings (SSSR count). The van der Waals surface area contributed by atoms with Gasteiger partial charge in [-0.3, -0.25) is 14.6 Å². The number of hydrogen-bond donors (Lipinski definition) is 1. The number of nitrogens with zero attached hydrogens (tertiary/aromatic N) is 2. The number of benzene rings is 1. The Kier molecular flexibility index (Phi) is 3.47. The molecule has 0 bridgehead atoms. The Balaban J connectivity index is 2.11. The van der Waals surface area contributed by atoms with Crippen molar-refractivity contribution in [2.45, 2.75) is 11.8 Å². The van der Waals surface area contributed by atoms with Crippen molar-refractivity contribution in [2.75, 3.05) is 20.7 Å². The van der Waals surface area contributed by atoms with Gasteiger partial charge in [-0.1, -0.05) is 29.8 Å². The molecule has 0 saturated carbocycles. The van der Waals surface area contributed by atoms with E-state index in [0.717, 1.165) is 9.80 Å². The van der Waals surface area contributed by atoms with Crippen LogP contribution in [0.2, 0.25) is 5.02 Å². The van der Waals surface area contributed by atoms with Gasteiger partial charge in [-0.25, -0.2) is 4.79 Å². The molecule has 116 valence electrons. The number of urea groups is 1. The van der Waals surface area contributed by atoms with Crippen LogP contribution in [0.1, 0.15) is 5.56 Å². The number of ether oxygens (including phenoxy) is 1. The molecule has 1 saturated heterocycles. The topological polar surface area (TPSA) is 70.1 Å². The first-order chi connectivity index (χ1) is 10.4. The van der Waals surface area contributed by atoms with Crippen molar-refractivity contribution in [3.8, 4) is 0 Å². The lowest BCUT2D eigenvalue weighted by Crippen LogP contribution is -2.69. The van der Waals surface area contributed by atoms with Crippen LogP contribution in [0.3, 0.4) is 0 Å². The van der Waals surface area contributed by atoms with Crippen LogP contribution in [0.4, 0.5) is 4.79 Å². The van der Waals surface area contributed by atoms with E-state index in [2.05, 4.69) is 0 Å². The van der Waals surface area contributed by atoms with Gasteiger partial charge >= 0.3 is 6.03 Å². The molecule has 2 aliphatic heterocycles. The molecule has 22 heavy (non-hydrogen) atoms. The summed E-state index contributed by atoms with van der Waals surface area (Å²) in [5.74, 6) is -0.582. The number of carbonyl (C=O) groups excluding carboxylic acids is 2. The largest absolute Gasteiger partial charge is 0.370 e. The SMILES string of the molecule is CN1C(=O)N(C)[C@@H](O)[C@@]2(OCC=C2c2ccc(Cl)cc2)C1=O. The molecule has 6 nitrogen and oxygen atoms in total. The second-order valence-electron chi connectivity index (χ2n) is 5.30. The summed E-state index contributed by atoms with van der Waals surface area (Å²) in [6.45, 7) is 0.177. The van der Waals surface area contributed by atoms with Crippen molar-refractivity contribution >= 4 is 29.1 Å². The monoisotopic (exact) mass is 322 g/mol. The molecule has 0 aromatic heterocycles. The Morgan fingerprint density at radius 3 is 2.55 bits per heavy atom. The molecule has 1 aromatic rings. The van der Waals surface area contributed by atoms with Crippen molar-refractivity contribution in [2.24, 2.45) is 0 Å². The molecule has 1 N–H and O–H groups in total. The van der Waals surface area contributed by atoms with Gasteiger partial charge in [-0.15, -0.1) is 0 Å². The van der Waals surface area contributed by atoms with Crippen molar-refractivity contribution in [3.63, 3.8) is 0 Å². The zero-order chi connectivity index (χ0) is 16.1. The summed E-state index contributed by atoms with van der Waals surface area (Å²) in [5, 5.41) is 11.1. The zero-order valence-corrected chi connectivity index (χ0v) is 12.9. The Morgan fingerprint density at radius 2 is 1.91 bits per heavy atom. The van der Waals surface area contributed by atoms with Gasteiger partial charge in [0.05, 0.1) is 6.61 Å². The maximum atomic E-state index is 12.7. The number of halogens is 1. The highest BCUT2D eigenvalue weighted by Gasteiger charge is 2.60. The summed E-state index contributed by atoms with van der Waals surface area (Å²) in [4.78, 5) is 26.7. The fourth-order valence-corrected chi connectivity index (χ4v) is 3.02. The van der Waals surface area contributed by atoms with Crippen LogP contribution in [0, 0.1) is 0 Å². The van der Waals surface area contributed by atoms with Crippen molar-refractivity contribution in [1.82, 2.24) is 9.80 Å². The first-order valence-corrected chi connectivity index (χ1v) is 7.11. The van der Waals surface area contributed by atoms with Crippen LogP contribution in [-0.2, 0) is 9.53 Å². The number of rotatable bonds is 1. The number of carbonyl (C=O) groups is 2. The summed E-state index contributed by atoms with van der Waals surface area (Å²) < 4.78 is 5.63. The van der Waals surface area contributed by atoms with E-state index in [-0.39, 0.29) is 6.61 Å². The molecule has 3 amide bonds. The van der Waals surface area contributed by atoms with E-state index >= 15 is 0 Å². The third kappa shape index (κ3) is 1.88. The van der Waals surface area contributed by atoms with Gasteiger partial charge in [-0.2, -0.15) is 0 Å². The average Bonchev–Trinajstić information content (AvgIpc) is 2.96. The van der Waals surface area contributed by atoms with E-state index in [4.69, 9.17) is 16.3 Å². The highest BCUT2D eigenvalue weighted by Crippen LogP contribution is 2.42. The number of aliphatic hydroxyl groups is 1. The maximum Gasteiger partial charge on any atom is 0.328 e. The van der Waals surface area contributed by atoms with Crippen LogP contribution in [-0.4, -0.2) is 59.4 Å². The van der Waals surface area contributed by atoms with Crippen molar-refractivity contribution in [1.29, 1.82) is 0 Å². The Hall–Kier alpha value is -1.89. The number of likely N-dealkylation sites (N-methyl/N-ethyl adjacent to an activating group) is 2. The molecule has 2 atom stereocenters. The van der Waals surface area contributed by atoms with Gasteiger partial charge < -0.3 is 9.84 Å². The fourth-order valence-electron chi connectivity index (χ4n) is 2.90. The molecule has 7 heteroatoms. The van der Waals surface area contributed by atoms with Crippen molar-refractivity contribution in [3.05, 3.63) is 40.9 Å². The second-order valence-corrected chi connectivity index (χ2v) is 5.74. The Morgan fingerprint density at radius 1 is 1.27 bits per heavy atom. The number of amides is 3. The van der Waals surface area contributed by atoms with Gasteiger partial charge in [0, 0.05) is 24.7 Å². The van der Waals surface area contributed by atoms with Crippen molar-refractivity contribution < 1.29 is 19.4 Å². The van der Waals surface area contributed by atoms with Crippen LogP contribution in [0.15, 0.2) is 30.3 Å². The van der Waals surface area contributed by atoms with Crippen LogP contribution >= 0.6 is 11.6 Å². The lowest BCUT2D eigenvalue weighted by molar-refractivity contribution is -0.176. The number of aliphatic hydroxyl groups excluding tert-OH is 1. The predicted molar refractivity (Wildman–Crippen MR) is 80.0 cm³/mol. The summed E-state index contributed by atoms with van der Waals surface area (Å²) in [6, 6.07) is 6.32. The molecule has 2 aliphatic rings. The summed E-state index contributed by atoms with van der Waals surface area (Å²) >= 11 is 5.89. The van der Waals surface area contributed by atoms with Gasteiger partial charge in [0.1, 0.15) is 0 Å². The highest BCUT2D eigenvalue weighted by molar-refractivity contribution is 6.30. The highest BCUT2D eigenvalue weighted by atomic mass is 35.5. The Labute approximate surface area is 132 Å². The van der Waals surface area contributed by atoms with E-state index in [1.807, 2.05) is 0 Å². The zero-order valence-electron chi connectivity index (χ0n) is 12.1. The van der Waals surface area contributed by atoms with E-state index < -0.39 is 23.8 Å². The molecule has 0 radical (unpaired) electrons. The average molecular weight is 323 g/mol. The van der Waals surface area contributed by atoms with Crippen LogP contribution < -0.4 is 0 Å². The van der Waals surface area contributed by atoms with E-state index in [1.54, 1.807) is 30.3 Å². The third-order valence-corrected chi connectivity index (χ3v) is 4.35. The summed E-state index contributed by atoms with van der Waals surface area (Å²) in [5.41, 5.74) is -0.357. The minimum absolute atomic E-state index is 0.177. The molecule has 0 unspecified atom stereocenters. The minimum Gasteiger partial charge on any atom is -0.370 e. The first kappa shape index (κ1) is 15.0. The lowest BCUT2D eigenvalue weighted by Gasteiger charge is -2.45. The minimum atomic E-state index is -1.61. The summed E-state index contributed by atoms with van der Waals surface area (Å²) in [7, 11) is 2.80. The quantitative estimate of drug-likeness (QED) is 0.847. The molecular formula is C15H15ClN2O4. The molecule has 0 aliphatic carbocycles. The van der Waals surface area contributed by atoms with Crippen LogP contribution in [0.5, 0.6) is 0 Å². The normalized spacial score (nSPS) is 28.5. The van der Waals surface area contributed by atoms with Gasteiger partial charge in [0.2, 0.25) is 5.60 Å². The Bertz CT molecular complexity index is 673. The maximum absolute atomic E-state index is 12.7. The van der Waals surface area contributed by atoms with E-state index in [0.29, 0.717) is 16.2 Å². The first-order valence-electron chi connectivity index (χ1n) is 6.73. The predicted octanol–water partition coefficient (Wildman–Crippen LogP) is 1.33. The van der Waals surface area contributed by atoms with Gasteiger partial charge in [0.15, 0.2) is 6.23 Å². The standard InChI is InChI=1S/C15H15ClN2O4/c1-17-12(19)15(13(20)18(2)14(17)21)11(7-8-22-15)9-3-5-10(16)6-4-9/h3-7,12,19H,8H2,1-2H3/t12-,15+/m0/s1. The molecule has 1 aromatic carbocycles. The number of hydrogen-bond acceptors (Lipinski definition) is 4. The summed E-state index contributed by atoms with van der Waals surface area (Å²) in [6.07, 6.45) is 0.343. The smallest absolute Gasteiger partial charge is 0.328 e. The van der Waals surface area contributed by atoms with Crippen LogP contribution in [0.25, 0.3) is 5.57 Å². The van der Waals surface area contributed by atoms with E-state index in [9.17, 15) is 14.7 Å².